The monoisotopic (exact) mass is 237 g/mol. The molecule has 1 aliphatic heterocycles. The highest BCUT2D eigenvalue weighted by Gasteiger charge is 2.18. The molecule has 0 radical (unpaired) electrons. The molecule has 0 bridgehead atoms. The van der Waals surface area contributed by atoms with Gasteiger partial charge in [-0.05, 0) is 37.0 Å². The van der Waals surface area contributed by atoms with E-state index in [0.717, 1.165) is 38.0 Å². The van der Waals surface area contributed by atoms with E-state index in [4.69, 9.17) is 4.74 Å². The second-order valence-corrected chi connectivity index (χ2v) is 4.60. The van der Waals surface area contributed by atoms with Crippen LogP contribution in [-0.2, 0) is 4.74 Å². The molecular formula is C14H20FNO. The predicted molar refractivity (Wildman–Crippen MR) is 66.4 cm³/mol. The summed E-state index contributed by atoms with van der Waals surface area (Å²) in [6.07, 6.45) is 3.21. The van der Waals surface area contributed by atoms with Crippen molar-refractivity contribution in [2.45, 2.75) is 38.3 Å². The Balaban J connectivity index is 2.00. The molecule has 1 aliphatic rings. The van der Waals surface area contributed by atoms with E-state index >= 15 is 0 Å². The predicted octanol–water partition coefficient (Wildman–Crippen LogP) is 3.05. The third kappa shape index (κ3) is 3.51. The highest BCUT2D eigenvalue weighted by atomic mass is 19.1. The lowest BCUT2D eigenvalue weighted by Gasteiger charge is -2.28. The Morgan fingerprint density at radius 2 is 2.41 bits per heavy atom. The number of ether oxygens (including phenoxy) is 1. The van der Waals surface area contributed by atoms with E-state index in [0.29, 0.717) is 6.04 Å². The lowest BCUT2D eigenvalue weighted by molar-refractivity contribution is 0.0661. The van der Waals surface area contributed by atoms with E-state index in [1.165, 1.54) is 6.07 Å². The molecule has 1 aromatic carbocycles. The van der Waals surface area contributed by atoms with Gasteiger partial charge in [-0.1, -0.05) is 19.1 Å². The van der Waals surface area contributed by atoms with Crippen LogP contribution < -0.4 is 5.32 Å². The van der Waals surface area contributed by atoms with Crippen LogP contribution in [0.15, 0.2) is 24.3 Å². The van der Waals surface area contributed by atoms with Gasteiger partial charge in [0.05, 0.1) is 6.61 Å². The number of hydrogen-bond acceptors (Lipinski definition) is 2. The minimum Gasteiger partial charge on any atom is -0.380 e. The van der Waals surface area contributed by atoms with Crippen LogP contribution in [0.2, 0.25) is 0 Å². The fraction of sp³-hybridized carbons (Fsp3) is 0.571. The average Bonchev–Trinajstić information content (AvgIpc) is 2.37. The van der Waals surface area contributed by atoms with Gasteiger partial charge in [0.15, 0.2) is 0 Å². The van der Waals surface area contributed by atoms with Crippen LogP contribution in [0.25, 0.3) is 0 Å². The molecule has 0 saturated carbocycles. The summed E-state index contributed by atoms with van der Waals surface area (Å²) >= 11 is 0. The Hall–Kier alpha value is -0.930. The van der Waals surface area contributed by atoms with Crippen LogP contribution in [0.1, 0.15) is 37.8 Å². The van der Waals surface area contributed by atoms with Crippen molar-refractivity contribution in [1.29, 1.82) is 0 Å². The summed E-state index contributed by atoms with van der Waals surface area (Å²) in [6.45, 7) is 3.76. The third-order valence-corrected chi connectivity index (χ3v) is 3.26. The molecule has 0 spiro atoms. The molecule has 1 saturated heterocycles. The van der Waals surface area contributed by atoms with Gasteiger partial charge in [0, 0.05) is 18.7 Å². The molecule has 0 aromatic heterocycles. The van der Waals surface area contributed by atoms with E-state index in [-0.39, 0.29) is 11.9 Å². The number of hydrogen-bond donors (Lipinski definition) is 1. The van der Waals surface area contributed by atoms with Crippen molar-refractivity contribution in [3.8, 4) is 0 Å². The molecule has 3 heteroatoms. The van der Waals surface area contributed by atoms with Gasteiger partial charge in [-0.25, -0.2) is 4.39 Å². The zero-order chi connectivity index (χ0) is 12.1. The lowest BCUT2D eigenvalue weighted by atomic mass is 10.0. The van der Waals surface area contributed by atoms with Crippen molar-refractivity contribution in [1.82, 2.24) is 5.32 Å². The van der Waals surface area contributed by atoms with Gasteiger partial charge in [-0.15, -0.1) is 0 Å². The number of benzene rings is 1. The first kappa shape index (κ1) is 12.5. The summed E-state index contributed by atoms with van der Waals surface area (Å²) in [5.74, 6) is -0.164. The average molecular weight is 237 g/mol. The molecule has 1 heterocycles. The molecule has 2 unspecified atom stereocenters. The zero-order valence-electron chi connectivity index (χ0n) is 10.3. The molecule has 2 rings (SSSR count). The first-order valence-corrected chi connectivity index (χ1v) is 6.39. The molecular weight excluding hydrogens is 217 g/mol. The third-order valence-electron chi connectivity index (χ3n) is 3.26. The molecule has 2 nitrogen and oxygen atoms in total. The van der Waals surface area contributed by atoms with Crippen LogP contribution >= 0.6 is 0 Å². The highest BCUT2D eigenvalue weighted by molar-refractivity contribution is 5.20. The van der Waals surface area contributed by atoms with Gasteiger partial charge in [-0.2, -0.15) is 0 Å². The Morgan fingerprint density at radius 3 is 3.06 bits per heavy atom. The van der Waals surface area contributed by atoms with Crippen LogP contribution in [0.3, 0.4) is 0 Å². The van der Waals surface area contributed by atoms with Gasteiger partial charge >= 0.3 is 0 Å². The van der Waals surface area contributed by atoms with Gasteiger partial charge in [0.2, 0.25) is 0 Å². The topological polar surface area (TPSA) is 21.3 Å². The minimum atomic E-state index is -0.164. The summed E-state index contributed by atoms with van der Waals surface area (Å²) in [5.41, 5.74) is 1.03. The maximum absolute atomic E-state index is 13.2. The van der Waals surface area contributed by atoms with Crippen molar-refractivity contribution >= 4 is 0 Å². The SMILES string of the molecule is CCC(NC1CCCOC1)c1cccc(F)c1. The van der Waals surface area contributed by atoms with E-state index < -0.39 is 0 Å². The maximum atomic E-state index is 13.2. The van der Waals surface area contributed by atoms with Crippen LogP contribution in [0.5, 0.6) is 0 Å². The second kappa shape index (κ2) is 6.12. The van der Waals surface area contributed by atoms with E-state index in [9.17, 15) is 4.39 Å². The van der Waals surface area contributed by atoms with Gasteiger partial charge in [0.1, 0.15) is 5.82 Å². The second-order valence-electron chi connectivity index (χ2n) is 4.60. The lowest BCUT2D eigenvalue weighted by Crippen LogP contribution is -2.39. The zero-order valence-corrected chi connectivity index (χ0v) is 10.3. The van der Waals surface area contributed by atoms with Gasteiger partial charge in [0.25, 0.3) is 0 Å². The van der Waals surface area contributed by atoms with Crippen molar-refractivity contribution in [2.75, 3.05) is 13.2 Å². The summed E-state index contributed by atoms with van der Waals surface area (Å²) < 4.78 is 18.6. The molecule has 1 fully saturated rings. The molecule has 1 aromatic rings. The van der Waals surface area contributed by atoms with Gasteiger partial charge in [-0.3, -0.25) is 0 Å². The van der Waals surface area contributed by atoms with E-state index in [1.807, 2.05) is 6.07 Å². The minimum absolute atomic E-state index is 0.164. The Morgan fingerprint density at radius 1 is 1.53 bits per heavy atom. The standard InChI is InChI=1S/C14H20FNO/c1-2-14(11-5-3-6-12(15)9-11)16-13-7-4-8-17-10-13/h3,5-6,9,13-14,16H,2,4,7-8,10H2,1H3. The smallest absolute Gasteiger partial charge is 0.123 e. The molecule has 17 heavy (non-hydrogen) atoms. The highest BCUT2D eigenvalue weighted by Crippen LogP contribution is 2.20. The molecule has 0 amide bonds. The van der Waals surface area contributed by atoms with Crippen LogP contribution in [0.4, 0.5) is 4.39 Å². The van der Waals surface area contributed by atoms with Gasteiger partial charge < -0.3 is 10.1 Å². The van der Waals surface area contributed by atoms with E-state index in [2.05, 4.69) is 12.2 Å². The van der Waals surface area contributed by atoms with E-state index in [1.54, 1.807) is 12.1 Å². The normalized spacial score (nSPS) is 22.4. The summed E-state index contributed by atoms with van der Waals surface area (Å²) in [4.78, 5) is 0. The number of nitrogens with one attached hydrogen (secondary N) is 1. The van der Waals surface area contributed by atoms with Crippen molar-refractivity contribution in [2.24, 2.45) is 0 Å². The number of rotatable bonds is 4. The van der Waals surface area contributed by atoms with Crippen LogP contribution in [-0.4, -0.2) is 19.3 Å². The summed E-state index contributed by atoms with van der Waals surface area (Å²) in [7, 11) is 0. The Bertz CT molecular complexity index is 350. The van der Waals surface area contributed by atoms with Crippen molar-refractivity contribution in [3.63, 3.8) is 0 Å². The fourth-order valence-electron chi connectivity index (χ4n) is 2.33. The molecule has 1 N–H and O–H groups in total. The number of halogens is 1. The maximum Gasteiger partial charge on any atom is 0.123 e. The summed E-state index contributed by atoms with van der Waals surface area (Å²) in [6, 6.07) is 7.47. The first-order chi connectivity index (χ1) is 8.29. The van der Waals surface area contributed by atoms with Crippen LogP contribution in [0, 0.1) is 5.82 Å². The van der Waals surface area contributed by atoms with Crippen molar-refractivity contribution < 1.29 is 9.13 Å². The first-order valence-electron chi connectivity index (χ1n) is 6.39. The molecule has 94 valence electrons. The van der Waals surface area contributed by atoms with Crippen molar-refractivity contribution in [3.05, 3.63) is 35.6 Å². The largest absolute Gasteiger partial charge is 0.380 e. The molecule has 0 aliphatic carbocycles. The fourth-order valence-corrected chi connectivity index (χ4v) is 2.33. The summed E-state index contributed by atoms with van der Waals surface area (Å²) in [5, 5.41) is 3.56. The molecule has 2 atom stereocenters. The Labute approximate surface area is 102 Å². The Kier molecular flexibility index (Phi) is 4.51. The quantitative estimate of drug-likeness (QED) is 0.869.